The molecule has 36 heavy (non-hydrogen) atoms. The van der Waals surface area contributed by atoms with E-state index in [0.29, 0.717) is 18.3 Å². The highest BCUT2D eigenvalue weighted by Crippen LogP contribution is 2.70. The lowest BCUT2D eigenvalue weighted by Crippen LogP contribution is -2.62. The highest BCUT2D eigenvalue weighted by molar-refractivity contribution is 5.85. The monoisotopic (exact) mass is 503 g/mol. The predicted octanol–water partition coefficient (Wildman–Crippen LogP) is 3.85. The Balaban J connectivity index is 1.44. The van der Waals surface area contributed by atoms with E-state index in [1.807, 2.05) is 7.05 Å². The molecule has 5 rings (SSSR count). The molecule has 0 bridgehead atoms. The van der Waals surface area contributed by atoms with Gasteiger partial charge in [-0.2, -0.15) is 0 Å². The largest absolute Gasteiger partial charge is 0.462 e. The molecular weight excluding hydrogens is 462 g/mol. The minimum Gasteiger partial charge on any atom is -0.462 e. The zero-order chi connectivity index (χ0) is 26.0. The number of amides is 1. The second kappa shape index (κ2) is 8.74. The van der Waals surface area contributed by atoms with Crippen LogP contribution in [0.4, 0.5) is 4.79 Å². The van der Waals surface area contributed by atoms with Crippen molar-refractivity contribution in [2.75, 3.05) is 20.8 Å². The lowest BCUT2D eigenvalue weighted by molar-refractivity contribution is -0.206. The maximum atomic E-state index is 12.6. The molecule has 200 valence electrons. The summed E-state index contributed by atoms with van der Waals surface area (Å²) in [5.41, 5.74) is -0.552. The molecule has 0 radical (unpaired) electrons. The lowest BCUT2D eigenvalue weighted by Gasteiger charge is -2.63. The highest BCUT2D eigenvalue weighted by Gasteiger charge is 2.71. The van der Waals surface area contributed by atoms with Gasteiger partial charge in [-0.05, 0) is 73.7 Å². The number of aliphatic hydroxyl groups is 1. The number of cyclic esters (lactones) is 1. The van der Waals surface area contributed by atoms with Crippen LogP contribution in [0.3, 0.4) is 0 Å². The molecule has 0 spiro atoms. The summed E-state index contributed by atoms with van der Waals surface area (Å²) < 4.78 is 16.0. The van der Waals surface area contributed by atoms with Gasteiger partial charge in [0.2, 0.25) is 0 Å². The molecule has 4 fully saturated rings. The SMILES string of the molecule is COC(=O)N(C)C1CCC2(C)C(CCC3C2CCC2(C)C(C4=CC(=O)OC4)C(OC(C)=O)CC32O)C1. The predicted molar refractivity (Wildman–Crippen MR) is 131 cm³/mol. The molecule has 0 aromatic carbocycles. The van der Waals surface area contributed by atoms with Gasteiger partial charge in [0.05, 0.1) is 12.7 Å². The molecule has 1 heterocycles. The molecule has 5 aliphatic rings. The third kappa shape index (κ3) is 3.61. The number of hydrogen-bond donors (Lipinski definition) is 1. The Hall–Kier alpha value is -2.09. The number of methoxy groups -OCH3 is 1. The van der Waals surface area contributed by atoms with Gasteiger partial charge in [0.1, 0.15) is 12.7 Å². The fraction of sp³-hybridized carbons (Fsp3) is 0.821. The lowest BCUT2D eigenvalue weighted by atomic mass is 9.43. The first-order valence-corrected chi connectivity index (χ1v) is 13.5. The summed E-state index contributed by atoms with van der Waals surface area (Å²) in [6.45, 7) is 6.15. The zero-order valence-electron chi connectivity index (χ0n) is 22.2. The summed E-state index contributed by atoms with van der Waals surface area (Å²) in [6.07, 6.45) is 7.84. The maximum Gasteiger partial charge on any atom is 0.409 e. The van der Waals surface area contributed by atoms with Crippen LogP contribution in [0.5, 0.6) is 0 Å². The number of ether oxygens (including phenoxy) is 3. The number of carbonyl (C=O) groups excluding carboxylic acids is 3. The molecule has 1 N–H and O–H groups in total. The highest BCUT2D eigenvalue weighted by atomic mass is 16.6. The van der Waals surface area contributed by atoms with Crippen LogP contribution in [0.15, 0.2) is 11.6 Å². The molecule has 4 aliphatic carbocycles. The molecular formula is C28H41NO7. The van der Waals surface area contributed by atoms with Gasteiger partial charge in [-0.25, -0.2) is 9.59 Å². The van der Waals surface area contributed by atoms with Crippen LogP contribution < -0.4 is 0 Å². The fourth-order valence-corrected chi connectivity index (χ4v) is 9.40. The molecule has 1 aliphatic heterocycles. The Morgan fingerprint density at radius 3 is 2.53 bits per heavy atom. The number of fused-ring (bicyclic) bond motifs is 5. The van der Waals surface area contributed by atoms with Crippen LogP contribution in [0, 0.1) is 34.5 Å². The van der Waals surface area contributed by atoms with Gasteiger partial charge in [0.15, 0.2) is 0 Å². The van der Waals surface area contributed by atoms with Crippen molar-refractivity contribution < 1.29 is 33.7 Å². The average Bonchev–Trinajstić information content (AvgIpc) is 3.34. The van der Waals surface area contributed by atoms with Gasteiger partial charge < -0.3 is 24.2 Å². The summed E-state index contributed by atoms with van der Waals surface area (Å²) in [6, 6.07) is 0.181. The third-order valence-electron chi connectivity index (χ3n) is 11.2. The first-order valence-electron chi connectivity index (χ1n) is 13.5. The van der Waals surface area contributed by atoms with Crippen molar-refractivity contribution in [3.8, 4) is 0 Å². The Morgan fingerprint density at radius 2 is 1.89 bits per heavy atom. The standard InChI is InChI=1S/C28H41NO7/c1-16(30)36-22-14-28(33)21-7-6-18-13-19(29(4)25(32)34-5)8-10-26(18,2)20(21)9-11-27(28,3)24(22)17-12-23(31)35-15-17/h12,18-22,24,33H,6-11,13-15H2,1-5H3. The van der Waals surface area contributed by atoms with E-state index >= 15 is 0 Å². The molecule has 9 unspecified atom stereocenters. The van der Waals surface area contributed by atoms with Crippen molar-refractivity contribution >= 4 is 18.0 Å². The molecule has 8 heteroatoms. The van der Waals surface area contributed by atoms with E-state index in [1.165, 1.54) is 14.0 Å². The van der Waals surface area contributed by atoms with Gasteiger partial charge in [0, 0.05) is 43.8 Å². The van der Waals surface area contributed by atoms with Crippen molar-refractivity contribution in [2.45, 2.75) is 89.9 Å². The normalized spacial score (nSPS) is 45.5. The zero-order valence-corrected chi connectivity index (χ0v) is 22.2. The van der Waals surface area contributed by atoms with Crippen LogP contribution in [0.2, 0.25) is 0 Å². The number of rotatable bonds is 3. The van der Waals surface area contributed by atoms with E-state index in [9.17, 15) is 19.5 Å². The van der Waals surface area contributed by atoms with Crippen LogP contribution in [-0.2, 0) is 23.8 Å². The summed E-state index contributed by atoms with van der Waals surface area (Å²) in [4.78, 5) is 37.9. The van der Waals surface area contributed by atoms with Crippen molar-refractivity contribution in [1.29, 1.82) is 0 Å². The van der Waals surface area contributed by atoms with Crippen molar-refractivity contribution in [2.24, 2.45) is 34.5 Å². The number of hydrogen-bond acceptors (Lipinski definition) is 7. The van der Waals surface area contributed by atoms with Crippen molar-refractivity contribution in [3.05, 3.63) is 11.6 Å². The average molecular weight is 504 g/mol. The van der Waals surface area contributed by atoms with Crippen LogP contribution in [-0.4, -0.2) is 66.5 Å². The minimum absolute atomic E-state index is 0.0914. The van der Waals surface area contributed by atoms with Gasteiger partial charge >= 0.3 is 18.0 Å². The summed E-state index contributed by atoms with van der Waals surface area (Å²) in [5, 5.41) is 12.6. The molecule has 0 aromatic heterocycles. The number of esters is 2. The molecule has 8 nitrogen and oxygen atoms in total. The van der Waals surface area contributed by atoms with E-state index in [1.54, 1.807) is 11.0 Å². The van der Waals surface area contributed by atoms with E-state index in [0.717, 1.165) is 50.5 Å². The Morgan fingerprint density at radius 1 is 1.14 bits per heavy atom. The quantitative estimate of drug-likeness (QED) is 0.461. The molecule has 4 saturated carbocycles. The fourth-order valence-electron chi connectivity index (χ4n) is 9.40. The molecule has 0 saturated heterocycles. The van der Waals surface area contributed by atoms with Crippen LogP contribution in [0.1, 0.15) is 72.1 Å². The molecule has 9 atom stereocenters. The Bertz CT molecular complexity index is 979. The molecule has 1 amide bonds. The topological polar surface area (TPSA) is 102 Å². The summed E-state index contributed by atoms with van der Waals surface area (Å²) >= 11 is 0. The second-order valence-corrected chi connectivity index (χ2v) is 12.5. The smallest absolute Gasteiger partial charge is 0.409 e. The van der Waals surface area contributed by atoms with E-state index < -0.39 is 17.1 Å². The van der Waals surface area contributed by atoms with E-state index in [2.05, 4.69) is 13.8 Å². The van der Waals surface area contributed by atoms with Gasteiger partial charge in [0.25, 0.3) is 0 Å². The van der Waals surface area contributed by atoms with Gasteiger partial charge in [-0.1, -0.05) is 13.8 Å². The second-order valence-electron chi connectivity index (χ2n) is 12.5. The van der Waals surface area contributed by atoms with Gasteiger partial charge in [-0.15, -0.1) is 0 Å². The van der Waals surface area contributed by atoms with E-state index in [-0.39, 0.29) is 47.9 Å². The van der Waals surface area contributed by atoms with Crippen molar-refractivity contribution in [3.63, 3.8) is 0 Å². The summed E-state index contributed by atoms with van der Waals surface area (Å²) in [7, 11) is 3.26. The Labute approximate surface area is 213 Å². The summed E-state index contributed by atoms with van der Waals surface area (Å²) in [5.74, 6) is 0.0132. The third-order valence-corrected chi connectivity index (χ3v) is 11.2. The van der Waals surface area contributed by atoms with E-state index in [4.69, 9.17) is 14.2 Å². The van der Waals surface area contributed by atoms with Crippen LogP contribution in [0.25, 0.3) is 0 Å². The number of carbonyl (C=O) groups is 3. The van der Waals surface area contributed by atoms with Crippen LogP contribution >= 0.6 is 0 Å². The minimum atomic E-state index is -0.985. The Kier molecular flexibility index (Phi) is 6.21. The number of nitrogens with zero attached hydrogens (tertiary/aromatic N) is 1. The first kappa shape index (κ1) is 25.6. The van der Waals surface area contributed by atoms with Gasteiger partial charge in [-0.3, -0.25) is 4.79 Å². The van der Waals surface area contributed by atoms with Crippen molar-refractivity contribution in [1.82, 2.24) is 4.90 Å². The molecule has 0 aromatic rings. The maximum absolute atomic E-state index is 12.6. The first-order chi connectivity index (χ1) is 16.9.